The van der Waals surface area contributed by atoms with Gasteiger partial charge in [0.05, 0.1) is 21.5 Å². The minimum atomic E-state index is -4.08. The van der Waals surface area contributed by atoms with Crippen molar-refractivity contribution in [2.75, 3.05) is 17.1 Å². The van der Waals surface area contributed by atoms with Crippen molar-refractivity contribution in [2.45, 2.75) is 43.0 Å². The van der Waals surface area contributed by atoms with Crippen LogP contribution in [-0.2, 0) is 24.7 Å². The van der Waals surface area contributed by atoms with E-state index in [-0.39, 0.29) is 15.5 Å². The third-order valence-corrected chi connectivity index (χ3v) is 9.12. The minimum Gasteiger partial charge on any atom is -0.348 e. The minimum absolute atomic E-state index is 0.0565. The van der Waals surface area contributed by atoms with Crippen LogP contribution in [-0.4, -0.2) is 35.5 Å². The number of rotatable bonds is 9. The summed E-state index contributed by atoms with van der Waals surface area (Å²) in [5.74, 6) is -0.513. The van der Waals surface area contributed by atoms with Crippen molar-refractivity contribution in [3.8, 4) is 0 Å². The van der Waals surface area contributed by atoms with Gasteiger partial charge in [-0.3, -0.25) is 9.10 Å². The molecule has 0 aromatic heterocycles. The van der Waals surface area contributed by atoms with Crippen LogP contribution in [0.15, 0.2) is 76.5 Å². The summed E-state index contributed by atoms with van der Waals surface area (Å²) in [5, 5.41) is 3.26. The lowest BCUT2D eigenvalue weighted by atomic mass is 10.0. The molecule has 1 atom stereocenters. The highest BCUT2D eigenvalue weighted by Gasteiger charge is 2.28. The number of amides is 1. The molecule has 0 aliphatic rings. The molecule has 0 spiro atoms. The Morgan fingerprint density at radius 2 is 1.50 bits per heavy atom. The molecule has 0 aliphatic heterocycles. The highest BCUT2D eigenvalue weighted by Crippen LogP contribution is 2.28. The van der Waals surface area contributed by atoms with E-state index in [4.69, 9.17) is 11.6 Å². The highest BCUT2D eigenvalue weighted by atomic mass is 35.5. The quantitative estimate of drug-likeness (QED) is 0.413. The Bertz CT molecular complexity index is 1450. The van der Waals surface area contributed by atoms with Crippen LogP contribution in [0.5, 0.6) is 0 Å². The van der Waals surface area contributed by atoms with Crippen molar-refractivity contribution in [3.63, 3.8) is 0 Å². The van der Waals surface area contributed by atoms with Crippen LogP contribution in [0.3, 0.4) is 0 Å². The number of aryl methyl sites for hydroxylation is 2. The van der Waals surface area contributed by atoms with E-state index in [0.29, 0.717) is 17.0 Å². The SMILES string of the molecule is CCC(NC(=O)CN(c1ccc(C)c(Cl)c1)S(=O)(=O)c1ccc(C)cc1)c1ccc(S(C)(=O)=O)cc1. The molecule has 0 saturated carbocycles. The van der Waals surface area contributed by atoms with Crippen molar-refractivity contribution in [1.29, 1.82) is 0 Å². The highest BCUT2D eigenvalue weighted by molar-refractivity contribution is 7.93. The molecule has 0 radical (unpaired) electrons. The summed E-state index contributed by atoms with van der Waals surface area (Å²) in [6, 6.07) is 17.1. The lowest BCUT2D eigenvalue weighted by Gasteiger charge is -2.26. The summed E-state index contributed by atoms with van der Waals surface area (Å²) in [6.45, 7) is 5.07. The molecule has 0 aliphatic carbocycles. The Balaban J connectivity index is 1.92. The molecular formula is C26H29ClN2O5S2. The predicted octanol–water partition coefficient (Wildman–Crippen LogP) is 4.82. The fourth-order valence-corrected chi connectivity index (χ4v) is 5.85. The van der Waals surface area contributed by atoms with E-state index in [2.05, 4.69) is 5.32 Å². The average molecular weight is 549 g/mol. The summed E-state index contributed by atoms with van der Waals surface area (Å²) in [7, 11) is -7.42. The molecule has 10 heteroatoms. The van der Waals surface area contributed by atoms with Gasteiger partial charge >= 0.3 is 0 Å². The first-order chi connectivity index (χ1) is 16.8. The zero-order valence-electron chi connectivity index (χ0n) is 20.5. The number of carbonyl (C=O) groups is 1. The summed E-state index contributed by atoms with van der Waals surface area (Å²) in [6.07, 6.45) is 1.65. The fraction of sp³-hybridized carbons (Fsp3) is 0.269. The van der Waals surface area contributed by atoms with Gasteiger partial charge < -0.3 is 5.32 Å². The average Bonchev–Trinajstić information content (AvgIpc) is 2.82. The first-order valence-electron chi connectivity index (χ1n) is 11.3. The molecule has 7 nitrogen and oxygen atoms in total. The molecular weight excluding hydrogens is 520 g/mol. The van der Waals surface area contributed by atoms with E-state index in [1.165, 1.54) is 30.3 Å². The van der Waals surface area contributed by atoms with Gasteiger partial charge in [0.2, 0.25) is 5.91 Å². The van der Waals surface area contributed by atoms with Gasteiger partial charge in [-0.15, -0.1) is 0 Å². The lowest BCUT2D eigenvalue weighted by Crippen LogP contribution is -2.42. The van der Waals surface area contributed by atoms with Crippen LogP contribution >= 0.6 is 11.6 Å². The van der Waals surface area contributed by atoms with Crippen molar-refractivity contribution in [3.05, 3.63) is 88.4 Å². The maximum atomic E-state index is 13.6. The zero-order valence-corrected chi connectivity index (χ0v) is 22.9. The summed E-state index contributed by atoms with van der Waals surface area (Å²) in [5.41, 5.74) is 2.67. The van der Waals surface area contributed by atoms with Crippen molar-refractivity contribution in [1.82, 2.24) is 5.32 Å². The van der Waals surface area contributed by atoms with E-state index >= 15 is 0 Å². The Kier molecular flexibility index (Phi) is 8.48. The molecule has 1 N–H and O–H groups in total. The van der Waals surface area contributed by atoms with E-state index in [1.54, 1.807) is 43.3 Å². The van der Waals surface area contributed by atoms with Crippen LogP contribution in [0.4, 0.5) is 5.69 Å². The van der Waals surface area contributed by atoms with Gasteiger partial charge in [-0.1, -0.05) is 54.4 Å². The van der Waals surface area contributed by atoms with Gasteiger partial charge in [-0.05, 0) is 67.8 Å². The van der Waals surface area contributed by atoms with Crippen LogP contribution in [0.2, 0.25) is 5.02 Å². The van der Waals surface area contributed by atoms with Gasteiger partial charge in [0, 0.05) is 11.3 Å². The number of nitrogens with one attached hydrogen (secondary N) is 1. The van der Waals surface area contributed by atoms with Gasteiger partial charge in [0.1, 0.15) is 6.54 Å². The molecule has 0 heterocycles. The summed E-state index contributed by atoms with van der Waals surface area (Å²) < 4.78 is 51.7. The molecule has 36 heavy (non-hydrogen) atoms. The number of hydrogen-bond acceptors (Lipinski definition) is 5. The number of benzene rings is 3. The van der Waals surface area contributed by atoms with Crippen molar-refractivity contribution < 1.29 is 21.6 Å². The Labute approximate surface area is 218 Å². The van der Waals surface area contributed by atoms with E-state index < -0.39 is 38.4 Å². The Morgan fingerprint density at radius 1 is 0.917 bits per heavy atom. The largest absolute Gasteiger partial charge is 0.348 e. The fourth-order valence-electron chi connectivity index (χ4n) is 3.63. The lowest BCUT2D eigenvalue weighted by molar-refractivity contribution is -0.120. The van der Waals surface area contributed by atoms with E-state index in [9.17, 15) is 21.6 Å². The molecule has 3 aromatic carbocycles. The monoisotopic (exact) mass is 548 g/mol. The van der Waals surface area contributed by atoms with Gasteiger partial charge in [-0.2, -0.15) is 0 Å². The number of sulfonamides is 1. The molecule has 3 aromatic rings. The Morgan fingerprint density at radius 3 is 2.03 bits per heavy atom. The second-order valence-electron chi connectivity index (χ2n) is 8.63. The topological polar surface area (TPSA) is 101 Å². The predicted molar refractivity (Wildman–Crippen MR) is 143 cm³/mol. The van der Waals surface area contributed by atoms with Crippen LogP contribution in [0.25, 0.3) is 0 Å². The normalized spacial score (nSPS) is 12.7. The molecule has 0 fully saturated rings. The van der Waals surface area contributed by atoms with Crippen molar-refractivity contribution in [2.24, 2.45) is 0 Å². The second kappa shape index (κ2) is 11.0. The number of sulfone groups is 1. The molecule has 0 bridgehead atoms. The zero-order chi connectivity index (χ0) is 26.7. The van der Waals surface area contributed by atoms with Gasteiger partial charge in [0.15, 0.2) is 9.84 Å². The summed E-state index contributed by atoms with van der Waals surface area (Å²) in [4.78, 5) is 13.4. The van der Waals surface area contributed by atoms with Crippen LogP contribution in [0.1, 0.15) is 36.1 Å². The third kappa shape index (κ3) is 6.46. The van der Waals surface area contributed by atoms with Gasteiger partial charge in [0.25, 0.3) is 10.0 Å². The van der Waals surface area contributed by atoms with Crippen LogP contribution < -0.4 is 9.62 Å². The van der Waals surface area contributed by atoms with Crippen molar-refractivity contribution >= 4 is 43.1 Å². The number of carbonyl (C=O) groups excluding carboxylic acids is 1. The molecule has 1 amide bonds. The first-order valence-corrected chi connectivity index (χ1v) is 15.0. The van der Waals surface area contributed by atoms with E-state index in [0.717, 1.165) is 21.7 Å². The standard InChI is InChI=1S/C26H29ClN2O5S2/c1-5-25(20-9-14-22(15-10-20)35(4,31)32)28-26(30)17-29(21-11-8-19(3)24(27)16-21)36(33,34)23-12-6-18(2)7-13-23/h6-16,25H,5,17H2,1-4H3,(H,28,30). The maximum Gasteiger partial charge on any atom is 0.264 e. The number of halogens is 1. The molecule has 192 valence electrons. The summed E-state index contributed by atoms with van der Waals surface area (Å²) >= 11 is 6.28. The molecule has 1 unspecified atom stereocenters. The number of anilines is 1. The number of nitrogens with zero attached hydrogens (tertiary/aromatic N) is 1. The number of hydrogen-bond donors (Lipinski definition) is 1. The third-order valence-electron chi connectivity index (χ3n) is 5.79. The van der Waals surface area contributed by atoms with E-state index in [1.807, 2.05) is 13.8 Å². The maximum absolute atomic E-state index is 13.6. The Hall–Kier alpha value is -2.88. The molecule has 0 saturated heterocycles. The first kappa shape index (κ1) is 27.7. The smallest absolute Gasteiger partial charge is 0.264 e. The van der Waals surface area contributed by atoms with Gasteiger partial charge in [-0.25, -0.2) is 16.8 Å². The second-order valence-corrected chi connectivity index (χ2v) is 12.9. The molecule has 3 rings (SSSR count). The van der Waals surface area contributed by atoms with Crippen LogP contribution in [0, 0.1) is 13.8 Å².